The molecule has 1 aromatic heterocycles. The molecule has 0 fully saturated rings. The number of nitrogens with one attached hydrogen (secondary N) is 3. The second-order valence-corrected chi connectivity index (χ2v) is 17.9. The van der Waals surface area contributed by atoms with Gasteiger partial charge in [-0.15, -0.1) is 0 Å². The van der Waals surface area contributed by atoms with Gasteiger partial charge in [-0.25, -0.2) is 9.59 Å². The van der Waals surface area contributed by atoms with Crippen LogP contribution in [0.5, 0.6) is 11.5 Å². The number of anilines is 5. The monoisotopic (exact) mass is 958 g/mol. The Balaban J connectivity index is 1.49. The predicted molar refractivity (Wildman–Crippen MR) is 232 cm³/mol. The van der Waals surface area contributed by atoms with Crippen molar-refractivity contribution < 1.29 is 68.2 Å². The van der Waals surface area contributed by atoms with Gasteiger partial charge in [0.2, 0.25) is 17.8 Å². The lowest BCUT2D eigenvalue weighted by Gasteiger charge is -2.16. The van der Waals surface area contributed by atoms with Gasteiger partial charge in [0, 0.05) is 18.7 Å². The maximum Gasteiger partial charge on any atom is 0.335 e. The molecule has 0 unspecified atom stereocenters. The number of nitrogens with zero attached hydrogens (tertiary/aromatic N) is 7. The van der Waals surface area contributed by atoms with Crippen molar-refractivity contribution in [3.8, 4) is 11.5 Å². The molecule has 0 aliphatic heterocycles. The third-order valence-corrected chi connectivity index (χ3v) is 10.4. The predicted octanol–water partition coefficient (Wildman–Crippen LogP) is 6.20. The molecule has 0 amide bonds. The Labute approximate surface area is 370 Å². The van der Waals surface area contributed by atoms with Gasteiger partial charge in [0.1, 0.15) is 11.5 Å². The average molecular weight is 959 g/mol. The molecule has 65 heavy (non-hydrogen) atoms. The molecular weight excluding hydrogens is 921 g/mol. The van der Waals surface area contributed by atoms with Crippen LogP contribution in [0.3, 0.4) is 0 Å². The van der Waals surface area contributed by atoms with E-state index in [9.17, 15) is 58.7 Å². The van der Waals surface area contributed by atoms with Gasteiger partial charge in [0.05, 0.1) is 75.7 Å². The maximum atomic E-state index is 11.5. The van der Waals surface area contributed by atoms with E-state index in [0.29, 0.717) is 0 Å². The molecule has 25 nitrogen and oxygen atoms in total. The zero-order valence-electron chi connectivity index (χ0n) is 33.4. The second kappa shape index (κ2) is 21.9. The summed E-state index contributed by atoms with van der Waals surface area (Å²) in [6.45, 7) is -0.810. The number of aromatic carboxylic acids is 2. The van der Waals surface area contributed by atoms with Crippen molar-refractivity contribution in [2.75, 3.05) is 53.0 Å². The van der Waals surface area contributed by atoms with E-state index >= 15 is 0 Å². The summed E-state index contributed by atoms with van der Waals surface area (Å²) in [5.74, 6) is -4.85. The lowest BCUT2D eigenvalue weighted by molar-refractivity contribution is 0.0686. The van der Waals surface area contributed by atoms with Crippen LogP contribution < -0.4 is 25.4 Å². The van der Waals surface area contributed by atoms with Crippen molar-refractivity contribution in [3.05, 3.63) is 96.1 Å². The Hall–Kier alpha value is -7.24. The van der Waals surface area contributed by atoms with Gasteiger partial charge in [-0.1, -0.05) is 12.1 Å². The van der Waals surface area contributed by atoms with E-state index in [1.54, 1.807) is 0 Å². The fourth-order valence-electron chi connectivity index (χ4n) is 5.17. The van der Waals surface area contributed by atoms with Crippen LogP contribution in [0.15, 0.2) is 105 Å². The molecule has 1 heterocycles. The van der Waals surface area contributed by atoms with Gasteiger partial charge in [-0.3, -0.25) is 13.7 Å². The summed E-state index contributed by atoms with van der Waals surface area (Å²) in [5.41, 5.74) is 1.12. The number of azo groups is 2. The highest BCUT2D eigenvalue weighted by molar-refractivity contribution is 7.86. The highest BCUT2D eigenvalue weighted by Crippen LogP contribution is 2.35. The van der Waals surface area contributed by atoms with E-state index in [4.69, 9.17) is 9.47 Å². The Morgan fingerprint density at radius 1 is 0.523 bits per heavy atom. The third kappa shape index (κ3) is 17.1. The topological polar surface area (TPSA) is 380 Å². The largest absolute Gasteiger partial charge is 0.491 e. The Morgan fingerprint density at radius 3 is 1.29 bits per heavy atom. The zero-order valence-corrected chi connectivity index (χ0v) is 35.9. The summed E-state index contributed by atoms with van der Waals surface area (Å²) in [5, 5.41) is 43.6. The number of aromatic nitrogens is 3. The lowest BCUT2D eigenvalue weighted by atomic mass is 10.2. The van der Waals surface area contributed by atoms with Crippen LogP contribution in [0.1, 0.15) is 33.6 Å². The summed E-state index contributed by atoms with van der Waals surface area (Å²) in [6.07, 6.45) is -0.266. The summed E-state index contributed by atoms with van der Waals surface area (Å²) in [6, 6.07) is 20.1. The van der Waals surface area contributed by atoms with Crippen molar-refractivity contribution in [1.29, 1.82) is 0 Å². The second-order valence-electron chi connectivity index (χ2n) is 13.2. The number of rotatable bonds is 24. The normalized spacial score (nSPS) is 12.0. The molecule has 8 N–H and O–H groups in total. The van der Waals surface area contributed by atoms with E-state index in [0.717, 1.165) is 0 Å². The van der Waals surface area contributed by atoms with Crippen molar-refractivity contribution >= 4 is 94.3 Å². The number of hydrogen-bond acceptors (Lipinski definition) is 20. The highest BCUT2D eigenvalue weighted by atomic mass is 32.2. The molecule has 0 atom stereocenters. The van der Waals surface area contributed by atoms with Crippen molar-refractivity contribution in [1.82, 2.24) is 15.0 Å². The van der Waals surface area contributed by atoms with Gasteiger partial charge >= 0.3 is 11.9 Å². The van der Waals surface area contributed by atoms with E-state index in [-0.39, 0.29) is 107 Å². The minimum atomic E-state index is -4.42. The maximum absolute atomic E-state index is 11.5. The van der Waals surface area contributed by atoms with E-state index in [1.807, 2.05) is 0 Å². The van der Waals surface area contributed by atoms with Gasteiger partial charge in [0.15, 0.2) is 0 Å². The zero-order chi connectivity index (χ0) is 47.2. The molecule has 5 aromatic rings. The molecule has 0 spiro atoms. The first-order chi connectivity index (χ1) is 30.7. The first-order valence-electron chi connectivity index (χ1n) is 18.6. The number of carboxylic acids is 2. The van der Waals surface area contributed by atoms with Crippen LogP contribution >= 0.6 is 0 Å². The summed E-state index contributed by atoms with van der Waals surface area (Å²) in [7, 11) is -13.1. The molecule has 4 aromatic carbocycles. The van der Waals surface area contributed by atoms with Crippen LogP contribution in [0, 0.1) is 0 Å². The van der Waals surface area contributed by atoms with Crippen molar-refractivity contribution in [3.63, 3.8) is 0 Å². The van der Waals surface area contributed by atoms with Crippen LogP contribution in [-0.4, -0.2) is 113 Å². The van der Waals surface area contributed by atoms with Crippen molar-refractivity contribution in [2.45, 2.75) is 12.8 Å². The van der Waals surface area contributed by atoms with E-state index < -0.39 is 59.6 Å². The van der Waals surface area contributed by atoms with Crippen molar-refractivity contribution in [2.24, 2.45) is 20.5 Å². The molecule has 0 radical (unpaired) electrons. The first-order valence-corrected chi connectivity index (χ1v) is 23.4. The van der Waals surface area contributed by atoms with Gasteiger partial charge in [0.25, 0.3) is 30.4 Å². The summed E-state index contributed by atoms with van der Waals surface area (Å²) < 4.78 is 108. The summed E-state index contributed by atoms with van der Waals surface area (Å²) >= 11 is 0. The van der Waals surface area contributed by atoms with Crippen LogP contribution in [0.2, 0.25) is 0 Å². The number of ether oxygens (including phenoxy) is 2. The Bertz CT molecular complexity index is 2760. The molecule has 344 valence electrons. The Morgan fingerprint density at radius 2 is 0.908 bits per heavy atom. The fraction of sp³-hybridized carbons (Fsp3) is 0.216. The number of carboxylic acid groups (broad SMARTS) is 2. The molecular formula is C37H38N10O15S3. The molecule has 28 heteroatoms. The standard InChI is InChI=1S/C37H38N10O15S3/c48-33(49)23-5-1-7-25(19-23)44-46-27-9-11-29(31(21-27)61-14-3-16-63(52,53)54)39-36-41-35(38-13-18-65(58,59)60)42-37(43-36)40-30-12-10-28(22-32(30)62-15-4-17-64(55,56)57)47-45-26-8-2-6-24(20-26)34(50)51/h1-2,5-12,19-22H,3-4,13-18H2,(H,48,49)(H,50,51)(H,52,53,54)(H,55,56,57)(H,58,59,60)(H3,38,39,40,41,42,43). The minimum absolute atomic E-state index is 0.0253. The van der Waals surface area contributed by atoms with Gasteiger partial charge < -0.3 is 35.6 Å². The highest BCUT2D eigenvalue weighted by Gasteiger charge is 2.16. The van der Waals surface area contributed by atoms with E-state index in [2.05, 4.69) is 51.4 Å². The molecule has 0 aliphatic rings. The number of carbonyl (C=O) groups is 2. The molecule has 0 aliphatic carbocycles. The van der Waals surface area contributed by atoms with Crippen LogP contribution in [0.25, 0.3) is 0 Å². The third-order valence-electron chi connectivity index (χ3n) is 8.06. The fourth-order valence-corrected chi connectivity index (χ4v) is 6.50. The average Bonchev–Trinajstić information content (AvgIpc) is 3.22. The minimum Gasteiger partial charge on any atom is -0.491 e. The Kier molecular flexibility index (Phi) is 16.4. The lowest BCUT2D eigenvalue weighted by Crippen LogP contribution is -2.17. The van der Waals surface area contributed by atoms with Crippen LogP contribution in [0.4, 0.5) is 52.0 Å². The smallest absolute Gasteiger partial charge is 0.335 e. The summed E-state index contributed by atoms with van der Waals surface area (Å²) in [4.78, 5) is 35.8. The molecule has 0 saturated carbocycles. The van der Waals surface area contributed by atoms with E-state index in [1.165, 1.54) is 84.9 Å². The van der Waals surface area contributed by atoms with Gasteiger partial charge in [-0.2, -0.15) is 60.7 Å². The quantitative estimate of drug-likeness (QED) is 0.0194. The number of hydrogen-bond donors (Lipinski definition) is 8. The molecule has 5 rings (SSSR count). The first kappa shape index (κ1) is 48.8. The van der Waals surface area contributed by atoms with Gasteiger partial charge in [-0.05, 0) is 73.5 Å². The number of benzene rings is 4. The SMILES string of the molecule is O=C(O)c1cccc(N=Nc2ccc(Nc3nc(NCCS(=O)(=O)O)nc(Nc4ccc(N=Nc5cccc(C(=O)O)c5)cc4OCCCS(=O)(=O)O)n3)c(OCCCS(=O)(=O)O)c2)c1. The molecule has 0 bridgehead atoms. The molecule has 0 saturated heterocycles. The van der Waals surface area contributed by atoms with Crippen LogP contribution in [-0.2, 0) is 30.4 Å².